The summed E-state index contributed by atoms with van der Waals surface area (Å²) in [5.41, 5.74) is 1.89. The van der Waals surface area contributed by atoms with E-state index in [0.29, 0.717) is 12.6 Å². The number of aliphatic imine (C=N–C) groups is 1. The van der Waals surface area contributed by atoms with Crippen molar-refractivity contribution < 1.29 is 8.42 Å². The largest absolute Gasteiger partial charge is 0.354 e. The highest BCUT2D eigenvalue weighted by atomic mass is 32.2. The molecule has 29 heavy (non-hydrogen) atoms. The Bertz CT molecular complexity index is 887. The van der Waals surface area contributed by atoms with E-state index in [2.05, 4.69) is 38.0 Å². The van der Waals surface area contributed by atoms with Crippen LogP contribution in [-0.2, 0) is 22.1 Å². The molecule has 0 saturated carbocycles. The van der Waals surface area contributed by atoms with Crippen LogP contribution in [-0.4, -0.2) is 52.2 Å². The molecule has 6 nitrogen and oxygen atoms in total. The number of guanidine groups is 1. The highest BCUT2D eigenvalue weighted by molar-refractivity contribution is 7.89. The molecule has 158 valence electrons. The van der Waals surface area contributed by atoms with Crippen molar-refractivity contribution in [3.05, 3.63) is 57.8 Å². The van der Waals surface area contributed by atoms with Gasteiger partial charge in [0.2, 0.25) is 0 Å². The number of hydrogen-bond acceptors (Lipinski definition) is 5. The minimum Gasteiger partial charge on any atom is -0.354 e. The van der Waals surface area contributed by atoms with Crippen LogP contribution >= 0.6 is 11.3 Å². The molecule has 1 saturated heterocycles. The first kappa shape index (κ1) is 21.8. The van der Waals surface area contributed by atoms with Gasteiger partial charge in [0.15, 0.2) is 15.8 Å². The first-order valence-electron chi connectivity index (χ1n) is 9.92. The summed E-state index contributed by atoms with van der Waals surface area (Å²) in [5, 5.41) is 8.96. The molecular formula is C21H30N4O2S2. The highest BCUT2D eigenvalue weighted by Gasteiger charge is 2.24. The van der Waals surface area contributed by atoms with Gasteiger partial charge in [0.25, 0.3) is 0 Å². The van der Waals surface area contributed by atoms with Gasteiger partial charge in [-0.25, -0.2) is 8.42 Å². The van der Waals surface area contributed by atoms with Crippen LogP contribution in [0.4, 0.5) is 0 Å². The summed E-state index contributed by atoms with van der Waals surface area (Å²) < 4.78 is 22.8. The predicted octanol–water partition coefficient (Wildman–Crippen LogP) is 2.79. The van der Waals surface area contributed by atoms with Crippen molar-refractivity contribution in [3.63, 3.8) is 0 Å². The van der Waals surface area contributed by atoms with E-state index in [-0.39, 0.29) is 5.75 Å². The van der Waals surface area contributed by atoms with Gasteiger partial charge >= 0.3 is 0 Å². The molecule has 2 N–H and O–H groups in total. The van der Waals surface area contributed by atoms with Gasteiger partial charge in [-0.15, -0.1) is 11.3 Å². The lowest BCUT2D eigenvalue weighted by molar-refractivity contribution is 0.249. The molecule has 2 aromatic rings. The summed E-state index contributed by atoms with van der Waals surface area (Å²) in [4.78, 5) is 8.28. The van der Waals surface area contributed by atoms with Crippen LogP contribution in [0.1, 0.15) is 34.9 Å². The van der Waals surface area contributed by atoms with Crippen LogP contribution < -0.4 is 10.6 Å². The first-order valence-corrected chi connectivity index (χ1v) is 12.9. The van der Waals surface area contributed by atoms with Crippen LogP contribution in [0.25, 0.3) is 0 Å². The van der Waals surface area contributed by atoms with Gasteiger partial charge in [-0.2, -0.15) is 0 Å². The zero-order chi connectivity index (χ0) is 20.7. The van der Waals surface area contributed by atoms with Crippen molar-refractivity contribution in [2.75, 3.05) is 32.9 Å². The van der Waals surface area contributed by atoms with Crippen molar-refractivity contribution in [3.8, 4) is 0 Å². The Morgan fingerprint density at radius 3 is 2.41 bits per heavy atom. The quantitative estimate of drug-likeness (QED) is 0.494. The SMILES string of the molecule is CN=C(NCc1ccc(CS(C)(=O)=O)cc1)NCC(c1cccs1)N1CCCC1. The van der Waals surface area contributed by atoms with E-state index in [1.165, 1.54) is 24.0 Å². The molecule has 1 atom stereocenters. The first-order chi connectivity index (χ1) is 13.9. The maximum atomic E-state index is 11.4. The molecule has 3 rings (SSSR count). The fourth-order valence-electron chi connectivity index (χ4n) is 3.60. The third-order valence-corrected chi connectivity index (χ3v) is 6.88. The van der Waals surface area contributed by atoms with Gasteiger partial charge in [-0.05, 0) is 48.5 Å². The molecular weight excluding hydrogens is 404 g/mol. The minimum absolute atomic E-state index is 0.0739. The molecule has 0 spiro atoms. The number of thiophene rings is 1. The van der Waals surface area contributed by atoms with E-state index >= 15 is 0 Å². The number of rotatable bonds is 8. The van der Waals surface area contributed by atoms with Gasteiger partial charge < -0.3 is 10.6 Å². The standard InChI is InChI=1S/C21H30N4O2S2/c1-22-21(23-14-17-7-9-18(10-8-17)16-29(2,26)27)24-15-19(20-6-5-13-28-20)25-11-3-4-12-25/h5-10,13,19H,3-4,11-12,14-16H2,1-2H3,(H2,22,23,24). The zero-order valence-corrected chi connectivity index (χ0v) is 18.7. The monoisotopic (exact) mass is 434 g/mol. The Morgan fingerprint density at radius 1 is 1.14 bits per heavy atom. The summed E-state index contributed by atoms with van der Waals surface area (Å²) in [6.45, 7) is 3.74. The van der Waals surface area contributed by atoms with E-state index in [1.807, 2.05) is 35.6 Å². The smallest absolute Gasteiger partial charge is 0.191 e. The maximum absolute atomic E-state index is 11.4. The Labute approximate surface area is 178 Å². The van der Waals surface area contributed by atoms with Gasteiger partial charge in [-0.3, -0.25) is 9.89 Å². The second kappa shape index (κ2) is 10.2. The molecule has 0 radical (unpaired) electrons. The van der Waals surface area contributed by atoms with Crippen LogP contribution in [0.3, 0.4) is 0 Å². The lowest BCUT2D eigenvalue weighted by Crippen LogP contribution is -2.42. The van der Waals surface area contributed by atoms with E-state index in [4.69, 9.17) is 0 Å². The Hall–Kier alpha value is -1.90. The molecule has 8 heteroatoms. The van der Waals surface area contributed by atoms with Gasteiger partial charge in [0, 0.05) is 31.3 Å². The Balaban J connectivity index is 1.53. The maximum Gasteiger partial charge on any atom is 0.191 e. The molecule has 1 fully saturated rings. The zero-order valence-electron chi connectivity index (χ0n) is 17.1. The van der Waals surface area contributed by atoms with Crippen molar-refractivity contribution >= 4 is 27.1 Å². The number of hydrogen-bond donors (Lipinski definition) is 2. The van der Waals surface area contributed by atoms with Gasteiger partial charge in [0.1, 0.15) is 0 Å². The number of nitrogens with zero attached hydrogens (tertiary/aromatic N) is 2. The van der Waals surface area contributed by atoms with E-state index in [9.17, 15) is 8.42 Å². The van der Waals surface area contributed by atoms with Crippen molar-refractivity contribution in [2.45, 2.75) is 31.2 Å². The summed E-state index contributed by atoms with van der Waals surface area (Å²) in [6.07, 6.45) is 3.79. The molecule has 1 aromatic carbocycles. The molecule has 0 bridgehead atoms. The molecule has 0 amide bonds. The molecule has 1 unspecified atom stereocenters. The van der Waals surface area contributed by atoms with Crippen LogP contribution in [0.2, 0.25) is 0 Å². The van der Waals surface area contributed by atoms with Crippen LogP contribution in [0.15, 0.2) is 46.8 Å². The minimum atomic E-state index is -3.01. The fraction of sp³-hybridized carbons (Fsp3) is 0.476. The van der Waals surface area contributed by atoms with E-state index < -0.39 is 9.84 Å². The van der Waals surface area contributed by atoms with Gasteiger partial charge in [-0.1, -0.05) is 30.3 Å². The second-order valence-electron chi connectivity index (χ2n) is 7.47. The van der Waals surface area contributed by atoms with Crippen molar-refractivity contribution in [1.82, 2.24) is 15.5 Å². The Morgan fingerprint density at radius 2 is 1.83 bits per heavy atom. The summed E-state index contributed by atoms with van der Waals surface area (Å²) >= 11 is 1.81. The number of sulfone groups is 1. The number of benzene rings is 1. The van der Waals surface area contributed by atoms with E-state index in [1.54, 1.807) is 7.05 Å². The van der Waals surface area contributed by atoms with Crippen molar-refractivity contribution in [2.24, 2.45) is 4.99 Å². The summed E-state index contributed by atoms with van der Waals surface area (Å²) in [7, 11) is -1.23. The van der Waals surface area contributed by atoms with Gasteiger partial charge in [0.05, 0.1) is 11.8 Å². The lowest BCUT2D eigenvalue weighted by Gasteiger charge is -2.27. The molecule has 1 aliphatic rings. The van der Waals surface area contributed by atoms with Crippen molar-refractivity contribution in [1.29, 1.82) is 0 Å². The Kier molecular flexibility index (Phi) is 7.69. The fourth-order valence-corrected chi connectivity index (χ4v) is 5.26. The average molecular weight is 435 g/mol. The topological polar surface area (TPSA) is 73.8 Å². The normalized spacial score (nSPS) is 16.7. The second-order valence-corrected chi connectivity index (χ2v) is 10.6. The van der Waals surface area contributed by atoms with Crippen LogP contribution in [0, 0.1) is 0 Å². The summed E-state index contributed by atoms with van der Waals surface area (Å²) in [5.74, 6) is 0.843. The predicted molar refractivity (Wildman–Crippen MR) is 121 cm³/mol. The molecule has 2 heterocycles. The number of nitrogens with one attached hydrogen (secondary N) is 2. The number of likely N-dealkylation sites (tertiary alicyclic amines) is 1. The average Bonchev–Trinajstić information content (AvgIpc) is 3.39. The lowest BCUT2D eigenvalue weighted by atomic mass is 10.1. The summed E-state index contributed by atoms with van der Waals surface area (Å²) in [6, 6.07) is 12.3. The molecule has 1 aliphatic heterocycles. The molecule has 0 aliphatic carbocycles. The van der Waals surface area contributed by atoms with Crippen LogP contribution in [0.5, 0.6) is 0 Å². The third kappa shape index (κ3) is 6.83. The third-order valence-electron chi connectivity index (χ3n) is 5.05. The highest BCUT2D eigenvalue weighted by Crippen LogP contribution is 2.27. The molecule has 1 aromatic heterocycles. The van der Waals surface area contributed by atoms with E-state index in [0.717, 1.165) is 36.7 Å².